The Kier molecular flexibility index (Phi) is 12.1. The Labute approximate surface area is 217 Å². The summed E-state index contributed by atoms with van der Waals surface area (Å²) in [5.74, 6) is -0.280. The van der Waals surface area contributed by atoms with Crippen LogP contribution in [0.25, 0.3) is 10.4 Å². The highest BCUT2D eigenvalue weighted by Crippen LogP contribution is 2.34. The third-order valence-corrected chi connectivity index (χ3v) is 6.96. The summed E-state index contributed by atoms with van der Waals surface area (Å²) in [6.07, 6.45) is 1.66. The van der Waals surface area contributed by atoms with Crippen molar-refractivity contribution >= 4 is 5.91 Å². The highest BCUT2D eigenvalue weighted by Gasteiger charge is 2.48. The second-order valence-corrected chi connectivity index (χ2v) is 9.74. The van der Waals surface area contributed by atoms with Crippen molar-refractivity contribution < 1.29 is 34.3 Å². The fourth-order valence-electron chi connectivity index (χ4n) is 4.97. The molecule has 1 aromatic carbocycles. The Morgan fingerprint density at radius 3 is 2.51 bits per heavy atom. The van der Waals surface area contributed by atoms with Gasteiger partial charge in [-0.15, -0.1) is 0 Å². The molecule has 2 aliphatic heterocycles. The first kappa shape index (κ1) is 29.3. The lowest BCUT2D eigenvalue weighted by Gasteiger charge is -2.53. The minimum atomic E-state index is -1.59. The third-order valence-electron chi connectivity index (χ3n) is 6.96. The minimum Gasteiger partial charge on any atom is -0.829 e. The van der Waals surface area contributed by atoms with Crippen molar-refractivity contribution in [3.05, 3.63) is 46.3 Å². The highest BCUT2D eigenvalue weighted by atomic mass is 16.7. The average Bonchev–Trinajstić information content (AvgIpc) is 2.90. The second kappa shape index (κ2) is 15.2. The predicted octanol–water partition coefficient (Wildman–Crippen LogP) is 2.56. The van der Waals surface area contributed by atoms with Gasteiger partial charge in [-0.05, 0) is 18.4 Å². The molecular formula is C26H39N4O7-. The molecule has 0 aromatic heterocycles. The van der Waals surface area contributed by atoms with Gasteiger partial charge >= 0.3 is 0 Å². The number of ether oxygens (including phenoxy) is 3. The maximum absolute atomic E-state index is 12.9. The second-order valence-electron chi connectivity index (χ2n) is 9.74. The smallest absolute Gasteiger partial charge is 0.219 e. The number of carbonyl (C=O) groups excluding carboxylic acids is 1. The molecule has 2 N–H and O–H groups in total. The largest absolute Gasteiger partial charge is 0.829 e. The summed E-state index contributed by atoms with van der Waals surface area (Å²) in [5, 5.41) is 37.0. The third kappa shape index (κ3) is 8.65. The van der Waals surface area contributed by atoms with Gasteiger partial charge in [0.2, 0.25) is 5.91 Å². The van der Waals surface area contributed by atoms with E-state index in [2.05, 4.69) is 10.0 Å². The van der Waals surface area contributed by atoms with Crippen LogP contribution in [0.2, 0.25) is 0 Å². The summed E-state index contributed by atoms with van der Waals surface area (Å²) < 4.78 is 17.3. The van der Waals surface area contributed by atoms with Gasteiger partial charge in [0.05, 0.1) is 25.3 Å². The molecule has 2 fully saturated rings. The fraction of sp³-hybridized carbons (Fsp3) is 0.731. The molecule has 2 aliphatic rings. The lowest BCUT2D eigenvalue weighted by atomic mass is 9.94. The molecule has 2 heterocycles. The topological polar surface area (TPSA) is 160 Å². The van der Waals surface area contributed by atoms with Crippen molar-refractivity contribution in [1.82, 2.24) is 4.90 Å². The first-order valence-electron chi connectivity index (χ1n) is 13.2. The zero-order chi connectivity index (χ0) is 26.6. The van der Waals surface area contributed by atoms with E-state index in [0.717, 1.165) is 44.1 Å². The number of hydrogen-bond donors (Lipinski definition) is 2. The number of benzene rings is 1. The van der Waals surface area contributed by atoms with E-state index in [1.54, 1.807) is 0 Å². The Bertz CT molecular complexity index is 870. The van der Waals surface area contributed by atoms with E-state index >= 15 is 0 Å². The van der Waals surface area contributed by atoms with Gasteiger partial charge in [0.15, 0.2) is 6.29 Å². The molecule has 11 nitrogen and oxygen atoms in total. The van der Waals surface area contributed by atoms with E-state index in [-0.39, 0.29) is 19.1 Å². The molecule has 2 unspecified atom stereocenters. The molecule has 37 heavy (non-hydrogen) atoms. The molecule has 0 spiro atoms. The van der Waals surface area contributed by atoms with Crippen molar-refractivity contribution in [3.8, 4) is 0 Å². The number of azide groups is 1. The number of unbranched alkanes of at least 4 members (excludes halogenated alkanes) is 6. The first-order valence-corrected chi connectivity index (χ1v) is 13.2. The molecule has 3 rings (SSSR count). The number of aliphatic hydroxyl groups is 2. The molecule has 0 aliphatic carbocycles. The zero-order valence-corrected chi connectivity index (χ0v) is 21.4. The molecule has 7 atom stereocenters. The van der Waals surface area contributed by atoms with Crippen LogP contribution in [-0.4, -0.2) is 77.5 Å². The molecule has 2 saturated heterocycles. The number of hydrogen-bond acceptors (Lipinski definition) is 8. The lowest BCUT2D eigenvalue weighted by molar-refractivity contribution is -0.532. The maximum atomic E-state index is 12.9. The van der Waals surface area contributed by atoms with Gasteiger partial charge in [0.1, 0.15) is 18.3 Å². The van der Waals surface area contributed by atoms with E-state index in [0.29, 0.717) is 19.4 Å². The van der Waals surface area contributed by atoms with E-state index in [4.69, 9.17) is 19.7 Å². The van der Waals surface area contributed by atoms with Crippen LogP contribution >= 0.6 is 0 Å². The lowest BCUT2D eigenvalue weighted by Crippen LogP contribution is -2.69. The molecule has 11 heteroatoms. The summed E-state index contributed by atoms with van der Waals surface area (Å²) in [6.45, 7) is 2.00. The van der Waals surface area contributed by atoms with Gasteiger partial charge in [-0.1, -0.05) is 74.0 Å². The number of carbonyl (C=O) groups is 1. The van der Waals surface area contributed by atoms with Crippen molar-refractivity contribution in [2.75, 3.05) is 19.7 Å². The predicted molar refractivity (Wildman–Crippen MR) is 133 cm³/mol. The number of amides is 1. The quantitative estimate of drug-likeness (QED) is 0.165. The number of fused-ring (bicyclic) bond motifs is 1. The minimum absolute atomic E-state index is 0.114. The van der Waals surface area contributed by atoms with Gasteiger partial charge in [0, 0.05) is 30.2 Å². The summed E-state index contributed by atoms with van der Waals surface area (Å²) in [7, 11) is 0. The van der Waals surface area contributed by atoms with E-state index < -0.39 is 43.0 Å². The van der Waals surface area contributed by atoms with Crippen LogP contribution in [0.4, 0.5) is 0 Å². The molecule has 0 saturated carbocycles. The fourth-order valence-corrected chi connectivity index (χ4v) is 4.97. The monoisotopic (exact) mass is 519 g/mol. The molecule has 0 radical (unpaired) electrons. The van der Waals surface area contributed by atoms with Gasteiger partial charge in [-0.25, -0.2) is 0 Å². The van der Waals surface area contributed by atoms with Gasteiger partial charge in [-0.2, -0.15) is 0 Å². The Hall–Kier alpha value is -2.24. The molecule has 1 amide bonds. The van der Waals surface area contributed by atoms with Gasteiger partial charge in [-0.3, -0.25) is 4.79 Å². The number of aliphatic hydroxyl groups excluding tert-OH is 2. The van der Waals surface area contributed by atoms with Crippen molar-refractivity contribution in [1.29, 1.82) is 0 Å². The number of nitrogens with zero attached hydrogens (tertiary/aromatic N) is 4. The molecular weight excluding hydrogens is 480 g/mol. The zero-order valence-electron chi connectivity index (χ0n) is 21.4. The summed E-state index contributed by atoms with van der Waals surface area (Å²) in [4.78, 5) is 16.5. The highest BCUT2D eigenvalue weighted by molar-refractivity contribution is 5.73. The van der Waals surface area contributed by atoms with Crippen LogP contribution in [0.3, 0.4) is 0 Å². The molecule has 0 bridgehead atoms. The molecule has 1 aromatic rings. The standard InChI is InChI=1S/C26H39N4O7/c1-18(31)30(15-11-6-4-2-3-5-10-14-20(32)16-28-29-27)22-23(33)24-21(36-25(22)34)17-35-26(37-24)19-12-8-7-9-13-19/h7-9,12-13,20-26,32-33H,2-6,10-11,14-17H2,1H3/q-1/t20?,21-,22-,23-,24-,25-,26?/m1/s1. The Morgan fingerprint density at radius 1 is 1.16 bits per heavy atom. The average molecular weight is 520 g/mol. The van der Waals surface area contributed by atoms with Crippen molar-refractivity contribution in [3.63, 3.8) is 0 Å². The first-order chi connectivity index (χ1) is 17.9. The van der Waals surface area contributed by atoms with Crippen LogP contribution in [-0.2, 0) is 19.0 Å². The van der Waals surface area contributed by atoms with E-state index in [9.17, 15) is 20.1 Å². The SMILES string of the molecule is CC(=O)N(CCCCCCCCCC(O)CN=[N+]=[N-])[C@@H]1[C@@H](O)[C@@H]2OC(c3ccccc3)OC[C@H]2O[C@H]1[O-]. The molecule has 206 valence electrons. The Balaban J connectivity index is 1.42. The van der Waals surface area contributed by atoms with Crippen molar-refractivity contribution in [2.24, 2.45) is 5.11 Å². The van der Waals surface area contributed by atoms with Crippen LogP contribution in [0, 0.1) is 0 Å². The van der Waals surface area contributed by atoms with Crippen molar-refractivity contribution in [2.45, 2.75) is 101 Å². The summed E-state index contributed by atoms with van der Waals surface area (Å²) >= 11 is 0. The van der Waals surface area contributed by atoms with Crippen LogP contribution in [0.15, 0.2) is 35.4 Å². The Morgan fingerprint density at radius 2 is 1.84 bits per heavy atom. The van der Waals surface area contributed by atoms with E-state index in [1.807, 2.05) is 30.3 Å². The van der Waals surface area contributed by atoms with Gasteiger partial charge in [0.25, 0.3) is 0 Å². The van der Waals surface area contributed by atoms with Gasteiger partial charge < -0.3 is 34.4 Å². The maximum Gasteiger partial charge on any atom is 0.219 e. The van der Waals surface area contributed by atoms with E-state index in [1.165, 1.54) is 11.8 Å². The van der Waals surface area contributed by atoms with Crippen LogP contribution in [0.5, 0.6) is 0 Å². The number of rotatable bonds is 14. The normalized spacial score (nSPS) is 28.1. The summed E-state index contributed by atoms with van der Waals surface area (Å²) in [6, 6.07) is 8.32. The van der Waals surface area contributed by atoms with Crippen LogP contribution < -0.4 is 5.11 Å². The van der Waals surface area contributed by atoms with Crippen LogP contribution in [0.1, 0.15) is 70.1 Å². The summed E-state index contributed by atoms with van der Waals surface area (Å²) in [5.41, 5.74) is 9.08.